The van der Waals surface area contributed by atoms with Crippen molar-refractivity contribution in [3.63, 3.8) is 0 Å². The fourth-order valence-corrected chi connectivity index (χ4v) is 3.47. The number of hydrogen-bond acceptors (Lipinski definition) is 5. The number of hydrogen-bond donors (Lipinski definition) is 0. The molecular weight excluding hydrogens is 459 g/mol. The summed E-state index contributed by atoms with van der Waals surface area (Å²) in [5.41, 5.74) is 3.16. The first-order valence-electron chi connectivity index (χ1n) is 10.3. The van der Waals surface area contributed by atoms with E-state index in [4.69, 9.17) is 42.6 Å². The smallest absolute Gasteiger partial charge is 0.358 e. The molecule has 0 aliphatic rings. The number of para-hydroxylation sites is 1. The lowest BCUT2D eigenvalue weighted by Gasteiger charge is -2.15. The molecule has 0 amide bonds. The summed E-state index contributed by atoms with van der Waals surface area (Å²) in [5, 5.41) is 1.20. The molecule has 0 saturated heterocycles. The van der Waals surface area contributed by atoms with Crippen molar-refractivity contribution in [2.75, 3.05) is 6.61 Å². The molecular formula is C26H20Cl2N2O3. The van der Waals surface area contributed by atoms with Crippen LogP contribution >= 0.6 is 23.2 Å². The van der Waals surface area contributed by atoms with E-state index in [0.717, 1.165) is 11.1 Å². The predicted molar refractivity (Wildman–Crippen MR) is 130 cm³/mol. The monoisotopic (exact) mass is 478 g/mol. The van der Waals surface area contributed by atoms with Crippen molar-refractivity contribution >= 4 is 29.2 Å². The number of halogens is 2. The van der Waals surface area contributed by atoms with Gasteiger partial charge in [-0.1, -0.05) is 65.7 Å². The number of carbonyl (C=O) groups is 1. The Morgan fingerprint density at radius 3 is 1.88 bits per heavy atom. The van der Waals surface area contributed by atoms with Crippen LogP contribution in [0.4, 0.5) is 0 Å². The van der Waals surface area contributed by atoms with E-state index in [1.807, 2.05) is 54.6 Å². The van der Waals surface area contributed by atoms with E-state index in [1.165, 1.54) is 0 Å². The average Bonchev–Trinajstić information content (AvgIpc) is 2.84. The van der Waals surface area contributed by atoms with E-state index in [1.54, 1.807) is 31.2 Å². The van der Waals surface area contributed by atoms with E-state index < -0.39 is 5.97 Å². The van der Waals surface area contributed by atoms with Crippen molar-refractivity contribution < 1.29 is 14.3 Å². The molecule has 4 rings (SSSR count). The number of ether oxygens (including phenoxy) is 2. The van der Waals surface area contributed by atoms with Crippen molar-refractivity contribution in [3.8, 4) is 28.3 Å². The standard InChI is InChI=1S/C26H20Cl2N2O3/c1-2-32-26(31)25-22(16-33-21-6-4-3-5-7-21)29-23(17-8-12-19(27)13-9-17)24(30-25)18-10-14-20(28)15-11-18/h3-15H,2,16H2,1H3. The summed E-state index contributed by atoms with van der Waals surface area (Å²) in [6.45, 7) is 2.01. The van der Waals surface area contributed by atoms with Gasteiger partial charge in [0.1, 0.15) is 18.1 Å². The number of benzene rings is 3. The van der Waals surface area contributed by atoms with Gasteiger partial charge in [0.05, 0.1) is 18.0 Å². The van der Waals surface area contributed by atoms with Crippen LogP contribution in [0.5, 0.6) is 5.75 Å². The second-order valence-corrected chi connectivity index (χ2v) is 7.92. The summed E-state index contributed by atoms with van der Waals surface area (Å²) in [6, 6.07) is 23.8. The first kappa shape index (κ1) is 22.8. The zero-order valence-electron chi connectivity index (χ0n) is 17.8. The highest BCUT2D eigenvalue weighted by Gasteiger charge is 2.22. The molecule has 0 aliphatic carbocycles. The van der Waals surface area contributed by atoms with Gasteiger partial charge in [0, 0.05) is 21.2 Å². The fraction of sp³-hybridized carbons (Fsp3) is 0.115. The number of carbonyl (C=O) groups excluding carboxylic acids is 1. The molecule has 0 N–H and O–H groups in total. The molecule has 7 heteroatoms. The molecule has 0 saturated carbocycles. The summed E-state index contributed by atoms with van der Waals surface area (Å²) in [6.07, 6.45) is 0. The van der Waals surface area contributed by atoms with Crippen LogP contribution in [0.3, 0.4) is 0 Å². The predicted octanol–water partition coefficient (Wildman–Crippen LogP) is 6.87. The van der Waals surface area contributed by atoms with Gasteiger partial charge in [-0.15, -0.1) is 0 Å². The Morgan fingerprint density at radius 1 is 0.788 bits per heavy atom. The summed E-state index contributed by atoms with van der Waals surface area (Å²) >= 11 is 12.2. The third kappa shape index (κ3) is 5.51. The Kier molecular flexibility index (Phi) is 7.23. The first-order chi connectivity index (χ1) is 16.0. The van der Waals surface area contributed by atoms with Gasteiger partial charge < -0.3 is 9.47 Å². The summed E-state index contributed by atoms with van der Waals surface area (Å²) in [4.78, 5) is 22.3. The van der Waals surface area contributed by atoms with Gasteiger partial charge in [-0.2, -0.15) is 0 Å². The van der Waals surface area contributed by atoms with E-state index in [2.05, 4.69) is 0 Å². The molecule has 0 atom stereocenters. The largest absolute Gasteiger partial charge is 0.487 e. The quantitative estimate of drug-likeness (QED) is 0.271. The topological polar surface area (TPSA) is 61.3 Å². The number of aromatic nitrogens is 2. The lowest BCUT2D eigenvalue weighted by molar-refractivity contribution is 0.0515. The van der Waals surface area contributed by atoms with Gasteiger partial charge >= 0.3 is 5.97 Å². The minimum atomic E-state index is -0.561. The average molecular weight is 479 g/mol. The molecule has 0 radical (unpaired) electrons. The normalized spacial score (nSPS) is 10.6. The minimum Gasteiger partial charge on any atom is -0.487 e. The van der Waals surface area contributed by atoms with Crippen LogP contribution in [0.1, 0.15) is 23.1 Å². The molecule has 33 heavy (non-hydrogen) atoms. The highest BCUT2D eigenvalue weighted by atomic mass is 35.5. The van der Waals surface area contributed by atoms with Crippen molar-refractivity contribution in [1.82, 2.24) is 9.97 Å². The SMILES string of the molecule is CCOC(=O)c1nc(-c2ccc(Cl)cc2)c(-c2ccc(Cl)cc2)nc1COc1ccccc1. The molecule has 0 spiro atoms. The summed E-state index contributed by atoms with van der Waals surface area (Å²) in [7, 11) is 0. The maximum Gasteiger partial charge on any atom is 0.358 e. The van der Waals surface area contributed by atoms with E-state index >= 15 is 0 Å². The molecule has 1 aromatic heterocycles. The van der Waals surface area contributed by atoms with Gasteiger partial charge in [-0.05, 0) is 43.3 Å². The van der Waals surface area contributed by atoms with Crippen molar-refractivity contribution in [2.45, 2.75) is 13.5 Å². The van der Waals surface area contributed by atoms with Gasteiger partial charge in [0.2, 0.25) is 0 Å². The van der Waals surface area contributed by atoms with Gasteiger partial charge in [-0.25, -0.2) is 14.8 Å². The Bertz CT molecular complexity index is 1250. The molecule has 166 valence electrons. The molecule has 0 aliphatic heterocycles. The van der Waals surface area contributed by atoms with Crippen LogP contribution in [0.25, 0.3) is 22.5 Å². The highest BCUT2D eigenvalue weighted by Crippen LogP contribution is 2.32. The molecule has 0 fully saturated rings. The fourth-order valence-electron chi connectivity index (χ4n) is 3.22. The Hall–Kier alpha value is -3.41. The first-order valence-corrected chi connectivity index (χ1v) is 11.1. The van der Waals surface area contributed by atoms with Crippen LogP contribution in [0.15, 0.2) is 78.9 Å². The molecule has 1 heterocycles. The molecule has 3 aromatic carbocycles. The molecule has 0 bridgehead atoms. The van der Waals surface area contributed by atoms with Gasteiger partial charge in [0.15, 0.2) is 5.69 Å². The van der Waals surface area contributed by atoms with Crippen LogP contribution in [-0.2, 0) is 11.3 Å². The van der Waals surface area contributed by atoms with E-state index in [9.17, 15) is 4.79 Å². The lowest BCUT2D eigenvalue weighted by atomic mass is 10.0. The van der Waals surface area contributed by atoms with Gasteiger partial charge in [0.25, 0.3) is 0 Å². The van der Waals surface area contributed by atoms with Crippen LogP contribution in [0, 0.1) is 0 Å². The molecule has 4 aromatic rings. The van der Waals surface area contributed by atoms with Crippen LogP contribution < -0.4 is 4.74 Å². The minimum absolute atomic E-state index is 0.0483. The number of nitrogens with zero attached hydrogens (tertiary/aromatic N) is 2. The zero-order valence-corrected chi connectivity index (χ0v) is 19.3. The van der Waals surface area contributed by atoms with Gasteiger partial charge in [-0.3, -0.25) is 0 Å². The second kappa shape index (κ2) is 10.5. The lowest BCUT2D eigenvalue weighted by Crippen LogP contribution is -2.16. The number of esters is 1. The molecule has 0 unspecified atom stereocenters. The molecule has 5 nitrogen and oxygen atoms in total. The number of rotatable bonds is 7. The Balaban J connectivity index is 1.86. The maximum atomic E-state index is 12.8. The van der Waals surface area contributed by atoms with E-state index in [0.29, 0.717) is 32.9 Å². The van der Waals surface area contributed by atoms with E-state index in [-0.39, 0.29) is 18.9 Å². The Morgan fingerprint density at radius 2 is 1.33 bits per heavy atom. The highest BCUT2D eigenvalue weighted by molar-refractivity contribution is 6.31. The van der Waals surface area contributed by atoms with Crippen LogP contribution in [0.2, 0.25) is 10.0 Å². The van der Waals surface area contributed by atoms with Crippen molar-refractivity contribution in [1.29, 1.82) is 0 Å². The summed E-state index contributed by atoms with van der Waals surface area (Å²) < 4.78 is 11.1. The van der Waals surface area contributed by atoms with Crippen molar-refractivity contribution in [2.24, 2.45) is 0 Å². The second-order valence-electron chi connectivity index (χ2n) is 7.05. The summed E-state index contributed by atoms with van der Waals surface area (Å²) in [5.74, 6) is 0.0958. The maximum absolute atomic E-state index is 12.8. The third-order valence-corrected chi connectivity index (χ3v) is 5.29. The van der Waals surface area contributed by atoms with Crippen LogP contribution in [-0.4, -0.2) is 22.5 Å². The third-order valence-electron chi connectivity index (χ3n) is 4.79. The van der Waals surface area contributed by atoms with Crippen molar-refractivity contribution in [3.05, 3.63) is 100 Å². The Labute approximate surface area is 201 Å². The zero-order chi connectivity index (χ0) is 23.2.